The Balaban J connectivity index is 1.82. The average molecular weight is 340 g/mol. The molecule has 1 saturated heterocycles. The van der Waals surface area contributed by atoms with E-state index in [9.17, 15) is 9.18 Å². The third-order valence-corrected chi connectivity index (χ3v) is 4.70. The number of piperidine rings is 1. The predicted molar refractivity (Wildman–Crippen MR) is 97.9 cm³/mol. The molecule has 1 aliphatic rings. The number of rotatable bonds is 4. The van der Waals surface area contributed by atoms with Crippen molar-refractivity contribution in [2.45, 2.75) is 31.8 Å². The van der Waals surface area contributed by atoms with Gasteiger partial charge in [0, 0.05) is 18.7 Å². The summed E-state index contributed by atoms with van der Waals surface area (Å²) >= 11 is 0. The van der Waals surface area contributed by atoms with Crippen LogP contribution in [0, 0.1) is 5.82 Å². The van der Waals surface area contributed by atoms with Gasteiger partial charge in [0.25, 0.3) is 5.91 Å². The summed E-state index contributed by atoms with van der Waals surface area (Å²) < 4.78 is 13.5. The van der Waals surface area contributed by atoms with E-state index < -0.39 is 0 Å². The molecular weight excluding hydrogens is 315 g/mol. The fourth-order valence-corrected chi connectivity index (χ4v) is 3.52. The van der Waals surface area contributed by atoms with Crippen LogP contribution in [0.1, 0.15) is 46.8 Å². The zero-order valence-electron chi connectivity index (χ0n) is 14.9. The lowest BCUT2D eigenvalue weighted by molar-refractivity contribution is 0.0611. The number of benzene rings is 2. The van der Waals surface area contributed by atoms with Crippen molar-refractivity contribution >= 4 is 5.91 Å². The quantitative estimate of drug-likeness (QED) is 0.830. The van der Waals surface area contributed by atoms with Crippen LogP contribution in [0.2, 0.25) is 0 Å². The van der Waals surface area contributed by atoms with Crippen molar-refractivity contribution < 1.29 is 9.18 Å². The number of amides is 1. The summed E-state index contributed by atoms with van der Waals surface area (Å²) in [4.78, 5) is 16.9. The number of likely N-dealkylation sites (tertiary alicyclic amines) is 1. The number of carbonyl (C=O) groups is 1. The van der Waals surface area contributed by atoms with Gasteiger partial charge in [-0.2, -0.15) is 0 Å². The molecule has 0 aromatic heterocycles. The maximum absolute atomic E-state index is 13.5. The molecule has 2 aromatic rings. The van der Waals surface area contributed by atoms with E-state index in [1.165, 1.54) is 17.7 Å². The largest absolute Gasteiger partial charge is 0.332 e. The van der Waals surface area contributed by atoms with Crippen LogP contribution in [-0.2, 0) is 6.54 Å². The van der Waals surface area contributed by atoms with Crippen molar-refractivity contribution in [2.24, 2.45) is 0 Å². The Bertz CT molecular complexity index is 727. The van der Waals surface area contributed by atoms with Gasteiger partial charge in [0.15, 0.2) is 0 Å². The number of hydrogen-bond acceptors (Lipinski definition) is 2. The molecule has 1 atom stereocenters. The summed E-state index contributed by atoms with van der Waals surface area (Å²) in [6.07, 6.45) is 3.06. The van der Waals surface area contributed by atoms with Crippen LogP contribution in [0.15, 0.2) is 48.5 Å². The summed E-state index contributed by atoms with van der Waals surface area (Å²) in [6.45, 7) is 1.62. The zero-order valence-corrected chi connectivity index (χ0v) is 14.9. The molecule has 0 unspecified atom stereocenters. The second-order valence-corrected chi connectivity index (χ2v) is 7.00. The molecule has 4 heteroatoms. The van der Waals surface area contributed by atoms with Gasteiger partial charge in [-0.25, -0.2) is 4.39 Å². The Morgan fingerprint density at radius 1 is 1.16 bits per heavy atom. The molecule has 3 rings (SSSR count). The molecule has 132 valence electrons. The molecule has 1 fully saturated rings. The lowest BCUT2D eigenvalue weighted by Crippen LogP contribution is -2.38. The second kappa shape index (κ2) is 7.79. The second-order valence-electron chi connectivity index (χ2n) is 7.00. The van der Waals surface area contributed by atoms with E-state index in [2.05, 4.69) is 43.3 Å². The third-order valence-electron chi connectivity index (χ3n) is 4.70. The SMILES string of the molecule is CN(C)Cc1ccc([C@@H]2CCCCN2C(=O)c2cccc(F)c2)cc1. The number of hydrogen-bond donors (Lipinski definition) is 0. The number of carbonyl (C=O) groups excluding carboxylic acids is 1. The van der Waals surface area contributed by atoms with Crippen LogP contribution < -0.4 is 0 Å². The maximum atomic E-state index is 13.5. The van der Waals surface area contributed by atoms with E-state index in [4.69, 9.17) is 0 Å². The normalized spacial score (nSPS) is 17.8. The van der Waals surface area contributed by atoms with Gasteiger partial charge in [0.05, 0.1) is 6.04 Å². The van der Waals surface area contributed by atoms with Gasteiger partial charge >= 0.3 is 0 Å². The van der Waals surface area contributed by atoms with Crippen molar-refractivity contribution in [3.05, 3.63) is 71.0 Å². The first-order chi connectivity index (χ1) is 12.0. The molecule has 25 heavy (non-hydrogen) atoms. The summed E-state index contributed by atoms with van der Waals surface area (Å²) in [5, 5.41) is 0. The first kappa shape index (κ1) is 17.6. The summed E-state index contributed by atoms with van der Waals surface area (Å²) in [5.41, 5.74) is 2.84. The molecule has 2 aromatic carbocycles. The monoisotopic (exact) mass is 340 g/mol. The minimum Gasteiger partial charge on any atom is -0.332 e. The van der Waals surface area contributed by atoms with Gasteiger partial charge < -0.3 is 9.80 Å². The van der Waals surface area contributed by atoms with Crippen LogP contribution in [0.25, 0.3) is 0 Å². The number of halogens is 1. The van der Waals surface area contributed by atoms with Crippen molar-refractivity contribution in [2.75, 3.05) is 20.6 Å². The molecule has 1 heterocycles. The van der Waals surface area contributed by atoms with Gasteiger partial charge in [0.2, 0.25) is 0 Å². The third kappa shape index (κ3) is 4.26. The fourth-order valence-electron chi connectivity index (χ4n) is 3.52. The highest BCUT2D eigenvalue weighted by molar-refractivity contribution is 5.94. The van der Waals surface area contributed by atoms with E-state index in [0.29, 0.717) is 5.56 Å². The van der Waals surface area contributed by atoms with Crippen LogP contribution >= 0.6 is 0 Å². The molecule has 0 radical (unpaired) electrons. The molecule has 0 spiro atoms. The smallest absolute Gasteiger partial charge is 0.254 e. The van der Waals surface area contributed by atoms with Crippen molar-refractivity contribution in [1.82, 2.24) is 9.80 Å². The Labute approximate surface area is 149 Å². The molecular formula is C21H25FN2O. The van der Waals surface area contributed by atoms with Gasteiger partial charge in [-0.05, 0) is 62.7 Å². The van der Waals surface area contributed by atoms with Crippen molar-refractivity contribution in [1.29, 1.82) is 0 Å². The number of nitrogens with zero attached hydrogens (tertiary/aromatic N) is 2. The van der Waals surface area contributed by atoms with Gasteiger partial charge in [-0.1, -0.05) is 30.3 Å². The van der Waals surface area contributed by atoms with Crippen LogP contribution in [-0.4, -0.2) is 36.3 Å². The highest BCUT2D eigenvalue weighted by atomic mass is 19.1. The minimum absolute atomic E-state index is 0.0675. The highest BCUT2D eigenvalue weighted by Gasteiger charge is 2.28. The summed E-state index contributed by atoms with van der Waals surface area (Å²) in [7, 11) is 4.10. The fraction of sp³-hybridized carbons (Fsp3) is 0.381. The summed E-state index contributed by atoms with van der Waals surface area (Å²) in [5.74, 6) is -0.450. The zero-order chi connectivity index (χ0) is 17.8. The van der Waals surface area contributed by atoms with Crippen LogP contribution in [0.3, 0.4) is 0 Å². The lowest BCUT2D eigenvalue weighted by Gasteiger charge is -2.36. The molecule has 0 aliphatic carbocycles. The van der Waals surface area contributed by atoms with Gasteiger partial charge in [-0.3, -0.25) is 4.79 Å². The van der Waals surface area contributed by atoms with Gasteiger partial charge in [0.1, 0.15) is 5.82 Å². The highest BCUT2D eigenvalue weighted by Crippen LogP contribution is 2.32. The minimum atomic E-state index is -0.368. The Hall–Kier alpha value is -2.20. The average Bonchev–Trinajstić information content (AvgIpc) is 2.61. The maximum Gasteiger partial charge on any atom is 0.254 e. The van der Waals surface area contributed by atoms with E-state index >= 15 is 0 Å². The van der Waals surface area contributed by atoms with E-state index in [-0.39, 0.29) is 17.8 Å². The first-order valence-electron chi connectivity index (χ1n) is 8.85. The van der Waals surface area contributed by atoms with E-state index in [0.717, 1.165) is 37.9 Å². The molecule has 0 bridgehead atoms. The molecule has 0 N–H and O–H groups in total. The van der Waals surface area contributed by atoms with E-state index in [1.54, 1.807) is 12.1 Å². The lowest BCUT2D eigenvalue weighted by atomic mass is 9.93. The molecule has 3 nitrogen and oxygen atoms in total. The first-order valence-corrected chi connectivity index (χ1v) is 8.85. The van der Waals surface area contributed by atoms with Crippen LogP contribution in [0.4, 0.5) is 4.39 Å². The summed E-state index contributed by atoms with van der Waals surface area (Å²) in [6, 6.07) is 14.6. The molecule has 1 aliphatic heterocycles. The van der Waals surface area contributed by atoms with Gasteiger partial charge in [-0.15, -0.1) is 0 Å². The van der Waals surface area contributed by atoms with E-state index in [1.807, 2.05) is 4.90 Å². The Kier molecular flexibility index (Phi) is 5.49. The Morgan fingerprint density at radius 3 is 2.60 bits per heavy atom. The van der Waals surface area contributed by atoms with Crippen LogP contribution in [0.5, 0.6) is 0 Å². The predicted octanol–water partition coefficient (Wildman–Crippen LogP) is 4.25. The topological polar surface area (TPSA) is 23.6 Å². The molecule has 0 saturated carbocycles. The Morgan fingerprint density at radius 2 is 1.92 bits per heavy atom. The standard InChI is InChI=1S/C21H25FN2O/c1-23(2)15-16-9-11-17(12-10-16)20-8-3-4-13-24(20)21(25)18-6-5-7-19(22)14-18/h5-7,9-12,14,20H,3-4,8,13,15H2,1-2H3/t20-/m0/s1. The molecule has 1 amide bonds. The van der Waals surface area contributed by atoms with Crippen molar-refractivity contribution in [3.63, 3.8) is 0 Å². The van der Waals surface area contributed by atoms with Crippen molar-refractivity contribution in [3.8, 4) is 0 Å².